The first-order chi connectivity index (χ1) is 4.60. The lowest BCUT2D eigenvalue weighted by molar-refractivity contribution is 0.559. The van der Waals surface area contributed by atoms with Gasteiger partial charge >= 0.3 is 0 Å². The van der Waals surface area contributed by atoms with E-state index in [1.807, 2.05) is 6.92 Å². The number of nitrogens with one attached hydrogen (secondary N) is 1. The molecule has 1 N–H and O–H groups in total. The van der Waals surface area contributed by atoms with E-state index in [1.54, 1.807) is 0 Å². The lowest BCUT2D eigenvalue weighted by Crippen LogP contribution is -2.31. The maximum absolute atomic E-state index is 11.0. The van der Waals surface area contributed by atoms with Crippen LogP contribution in [0.3, 0.4) is 0 Å². The maximum atomic E-state index is 11.0. The number of hydrogen-bond donors (Lipinski definition) is 1. The van der Waals surface area contributed by atoms with Crippen LogP contribution in [0, 0.1) is 0 Å². The minimum absolute atomic E-state index is 0.132. The average molecular weight is 163 g/mol. The molecule has 1 fully saturated rings. The zero-order valence-electron chi connectivity index (χ0n) is 6.13. The molecule has 0 aliphatic carbocycles. The molecule has 0 saturated carbocycles. The van der Waals surface area contributed by atoms with Crippen molar-refractivity contribution in [2.75, 3.05) is 5.75 Å². The fourth-order valence-electron chi connectivity index (χ4n) is 1.17. The number of rotatable bonds is 0. The summed E-state index contributed by atoms with van der Waals surface area (Å²) in [7, 11) is -2.92. The van der Waals surface area contributed by atoms with Crippen LogP contribution in [0.4, 0.5) is 0 Å². The van der Waals surface area contributed by atoms with Crippen molar-refractivity contribution in [3.63, 3.8) is 0 Å². The van der Waals surface area contributed by atoms with Gasteiger partial charge in [0.25, 0.3) is 0 Å². The Morgan fingerprint density at radius 1 is 1.40 bits per heavy atom. The summed E-state index contributed by atoms with van der Waals surface area (Å²) in [5.41, 5.74) is 0. The third kappa shape index (κ3) is 2.27. The molecule has 0 spiro atoms. The minimum atomic E-state index is -2.92. The third-order valence-corrected chi connectivity index (χ3v) is 3.27. The topological polar surface area (TPSA) is 46.2 Å². The van der Waals surface area contributed by atoms with Gasteiger partial charge in [-0.15, -0.1) is 0 Å². The standard InChI is InChI=1S/C6H13NO2S/c1-6-4-2-3-5-10(8,9)7-6/h6-7H,2-5H2,1H3. The lowest BCUT2D eigenvalue weighted by atomic mass is 10.2. The van der Waals surface area contributed by atoms with Crippen molar-refractivity contribution in [1.82, 2.24) is 4.72 Å². The van der Waals surface area contributed by atoms with Crippen LogP contribution in [0.2, 0.25) is 0 Å². The summed E-state index contributed by atoms with van der Waals surface area (Å²) in [5.74, 6) is 0.303. The maximum Gasteiger partial charge on any atom is 0.211 e. The molecule has 1 aliphatic rings. The number of hydrogen-bond acceptors (Lipinski definition) is 2. The summed E-state index contributed by atoms with van der Waals surface area (Å²) in [4.78, 5) is 0. The molecular weight excluding hydrogens is 150 g/mol. The van der Waals surface area contributed by atoms with Crippen molar-refractivity contribution >= 4 is 10.0 Å². The van der Waals surface area contributed by atoms with Crippen LogP contribution in [0.1, 0.15) is 26.2 Å². The van der Waals surface area contributed by atoms with Crippen molar-refractivity contribution in [2.24, 2.45) is 0 Å². The first-order valence-electron chi connectivity index (χ1n) is 3.60. The van der Waals surface area contributed by atoms with Crippen molar-refractivity contribution in [3.05, 3.63) is 0 Å². The van der Waals surface area contributed by atoms with Crippen LogP contribution in [0.5, 0.6) is 0 Å². The Morgan fingerprint density at radius 2 is 2.10 bits per heavy atom. The second-order valence-corrected chi connectivity index (χ2v) is 4.71. The van der Waals surface area contributed by atoms with Crippen LogP contribution >= 0.6 is 0 Å². The van der Waals surface area contributed by atoms with Gasteiger partial charge in [0.1, 0.15) is 0 Å². The van der Waals surface area contributed by atoms with E-state index in [9.17, 15) is 8.42 Å². The van der Waals surface area contributed by atoms with Gasteiger partial charge < -0.3 is 0 Å². The van der Waals surface area contributed by atoms with Gasteiger partial charge in [-0.25, -0.2) is 13.1 Å². The Bertz CT molecular complexity index is 198. The molecule has 4 heteroatoms. The van der Waals surface area contributed by atoms with Crippen LogP contribution in [-0.2, 0) is 10.0 Å². The largest absolute Gasteiger partial charge is 0.212 e. The van der Waals surface area contributed by atoms with E-state index in [0.717, 1.165) is 19.3 Å². The van der Waals surface area contributed by atoms with Gasteiger partial charge in [0, 0.05) is 6.04 Å². The van der Waals surface area contributed by atoms with E-state index in [-0.39, 0.29) is 6.04 Å². The lowest BCUT2D eigenvalue weighted by Gasteiger charge is -2.07. The van der Waals surface area contributed by atoms with Gasteiger partial charge in [0.15, 0.2) is 0 Å². The Labute approximate surface area is 61.9 Å². The molecular formula is C6H13NO2S. The molecule has 3 nitrogen and oxygen atoms in total. The van der Waals surface area contributed by atoms with Gasteiger partial charge in [0.2, 0.25) is 10.0 Å². The van der Waals surface area contributed by atoms with Gasteiger partial charge in [0.05, 0.1) is 5.75 Å². The molecule has 0 aromatic heterocycles. The van der Waals surface area contributed by atoms with Gasteiger partial charge in [-0.05, 0) is 19.8 Å². The Morgan fingerprint density at radius 3 is 2.80 bits per heavy atom. The van der Waals surface area contributed by atoms with E-state index in [1.165, 1.54) is 0 Å². The number of sulfonamides is 1. The van der Waals surface area contributed by atoms with E-state index in [4.69, 9.17) is 0 Å². The van der Waals surface area contributed by atoms with Gasteiger partial charge in [-0.2, -0.15) is 0 Å². The molecule has 1 atom stereocenters. The summed E-state index contributed by atoms with van der Waals surface area (Å²) < 4.78 is 24.5. The molecule has 1 unspecified atom stereocenters. The molecule has 60 valence electrons. The molecule has 0 bridgehead atoms. The van der Waals surface area contributed by atoms with Crippen LogP contribution in [0.15, 0.2) is 0 Å². The molecule has 1 saturated heterocycles. The summed E-state index contributed by atoms with van der Waals surface area (Å²) in [6.45, 7) is 1.91. The van der Waals surface area contributed by atoms with Crippen LogP contribution in [0.25, 0.3) is 0 Å². The van der Waals surface area contributed by atoms with E-state index in [0.29, 0.717) is 5.75 Å². The monoisotopic (exact) mass is 163 g/mol. The normalized spacial score (nSPS) is 33.1. The van der Waals surface area contributed by atoms with Crippen LogP contribution < -0.4 is 4.72 Å². The summed E-state index contributed by atoms with van der Waals surface area (Å²) >= 11 is 0. The fourth-order valence-corrected chi connectivity index (χ4v) is 2.60. The summed E-state index contributed by atoms with van der Waals surface area (Å²) in [6, 6.07) is 0.132. The van der Waals surface area contributed by atoms with Crippen molar-refractivity contribution in [1.29, 1.82) is 0 Å². The quantitative estimate of drug-likeness (QED) is 0.564. The van der Waals surface area contributed by atoms with E-state index in [2.05, 4.69) is 4.72 Å². The summed E-state index contributed by atoms with van der Waals surface area (Å²) in [5, 5.41) is 0. The molecule has 0 aromatic rings. The van der Waals surface area contributed by atoms with Crippen molar-refractivity contribution in [2.45, 2.75) is 32.2 Å². The van der Waals surface area contributed by atoms with E-state index < -0.39 is 10.0 Å². The SMILES string of the molecule is CC1CCCCS(=O)(=O)N1. The molecule has 1 heterocycles. The highest BCUT2D eigenvalue weighted by atomic mass is 32.2. The summed E-state index contributed by atoms with van der Waals surface area (Å²) in [6.07, 6.45) is 2.80. The zero-order valence-corrected chi connectivity index (χ0v) is 6.95. The second-order valence-electron chi connectivity index (χ2n) is 2.83. The fraction of sp³-hybridized carbons (Fsp3) is 1.00. The first-order valence-corrected chi connectivity index (χ1v) is 5.25. The predicted octanol–water partition coefficient (Wildman–Crippen LogP) is 0.478. The molecule has 1 rings (SSSR count). The van der Waals surface area contributed by atoms with Gasteiger partial charge in [-0.3, -0.25) is 0 Å². The van der Waals surface area contributed by atoms with Crippen molar-refractivity contribution in [3.8, 4) is 0 Å². The third-order valence-electron chi connectivity index (χ3n) is 1.68. The molecule has 0 radical (unpaired) electrons. The highest BCUT2D eigenvalue weighted by Crippen LogP contribution is 2.08. The Hall–Kier alpha value is -0.0900. The second kappa shape index (κ2) is 2.88. The highest BCUT2D eigenvalue weighted by Gasteiger charge is 2.17. The first kappa shape index (κ1) is 8.01. The van der Waals surface area contributed by atoms with Crippen LogP contribution in [-0.4, -0.2) is 20.2 Å². The average Bonchev–Trinajstić information content (AvgIpc) is 1.90. The highest BCUT2D eigenvalue weighted by molar-refractivity contribution is 7.89. The Kier molecular flexibility index (Phi) is 2.31. The minimum Gasteiger partial charge on any atom is -0.212 e. The predicted molar refractivity (Wildman–Crippen MR) is 40.2 cm³/mol. The smallest absolute Gasteiger partial charge is 0.211 e. The van der Waals surface area contributed by atoms with E-state index >= 15 is 0 Å². The van der Waals surface area contributed by atoms with Gasteiger partial charge in [-0.1, -0.05) is 6.42 Å². The molecule has 0 aromatic carbocycles. The molecule has 10 heavy (non-hydrogen) atoms. The van der Waals surface area contributed by atoms with Crippen molar-refractivity contribution < 1.29 is 8.42 Å². The zero-order chi connectivity index (χ0) is 7.61. The Balaban J connectivity index is 2.64. The molecule has 1 aliphatic heterocycles. The molecule has 0 amide bonds.